The molecule has 7 heteroatoms. The zero-order valence-corrected chi connectivity index (χ0v) is 15.2. The number of esters is 1. The molecule has 0 fully saturated rings. The van der Waals surface area contributed by atoms with Gasteiger partial charge in [0.15, 0.2) is 6.61 Å². The van der Waals surface area contributed by atoms with Crippen LogP contribution in [0.3, 0.4) is 0 Å². The molecule has 6 nitrogen and oxygen atoms in total. The molecular formula is C20H21FN2O4. The fourth-order valence-corrected chi connectivity index (χ4v) is 2.33. The number of rotatable bonds is 7. The van der Waals surface area contributed by atoms with E-state index < -0.39 is 30.2 Å². The second-order valence-corrected chi connectivity index (χ2v) is 6.08. The number of hydrogen-bond donors (Lipinski definition) is 2. The number of aryl methyl sites for hydroxylation is 2. The highest BCUT2D eigenvalue weighted by molar-refractivity contribution is 5.94. The number of carbonyl (C=O) groups is 3. The Morgan fingerprint density at radius 1 is 0.926 bits per heavy atom. The van der Waals surface area contributed by atoms with E-state index in [9.17, 15) is 18.8 Å². The Kier molecular flexibility index (Phi) is 7.05. The van der Waals surface area contributed by atoms with E-state index in [1.54, 1.807) is 6.07 Å². The fraction of sp³-hybridized carbons (Fsp3) is 0.250. The summed E-state index contributed by atoms with van der Waals surface area (Å²) >= 11 is 0. The smallest absolute Gasteiger partial charge is 0.306 e. The van der Waals surface area contributed by atoms with E-state index in [0.717, 1.165) is 11.1 Å². The number of anilines is 2. The number of amides is 2. The van der Waals surface area contributed by atoms with Crippen LogP contribution >= 0.6 is 0 Å². The van der Waals surface area contributed by atoms with Gasteiger partial charge in [0.1, 0.15) is 5.82 Å². The molecule has 0 aliphatic rings. The average Bonchev–Trinajstić information content (AvgIpc) is 2.62. The maximum absolute atomic E-state index is 12.8. The molecule has 2 aromatic rings. The van der Waals surface area contributed by atoms with Crippen molar-refractivity contribution < 1.29 is 23.5 Å². The summed E-state index contributed by atoms with van der Waals surface area (Å²) in [4.78, 5) is 35.3. The lowest BCUT2D eigenvalue weighted by atomic mass is 10.1. The van der Waals surface area contributed by atoms with Crippen molar-refractivity contribution in [3.05, 3.63) is 59.4 Å². The van der Waals surface area contributed by atoms with Crippen LogP contribution in [0.4, 0.5) is 15.8 Å². The summed E-state index contributed by atoms with van der Waals surface area (Å²) in [6.45, 7) is 3.40. The second kappa shape index (κ2) is 9.47. The van der Waals surface area contributed by atoms with Crippen LogP contribution in [-0.4, -0.2) is 24.4 Å². The Balaban J connectivity index is 1.69. The van der Waals surface area contributed by atoms with Crippen molar-refractivity contribution in [2.75, 3.05) is 17.2 Å². The largest absolute Gasteiger partial charge is 0.456 e. The van der Waals surface area contributed by atoms with Crippen LogP contribution in [0, 0.1) is 19.7 Å². The molecule has 0 aliphatic heterocycles. The summed E-state index contributed by atoms with van der Waals surface area (Å²) in [5.41, 5.74) is 3.07. The Hall–Kier alpha value is -3.22. The van der Waals surface area contributed by atoms with Gasteiger partial charge in [-0.2, -0.15) is 0 Å². The van der Waals surface area contributed by atoms with Gasteiger partial charge in [0, 0.05) is 17.8 Å². The monoisotopic (exact) mass is 372 g/mol. The van der Waals surface area contributed by atoms with Crippen LogP contribution in [0.2, 0.25) is 0 Å². The molecule has 27 heavy (non-hydrogen) atoms. The third-order valence-corrected chi connectivity index (χ3v) is 3.70. The highest BCUT2D eigenvalue weighted by Gasteiger charge is 2.11. The first-order valence-electron chi connectivity index (χ1n) is 8.41. The van der Waals surface area contributed by atoms with E-state index in [-0.39, 0.29) is 12.8 Å². The first-order chi connectivity index (χ1) is 12.8. The first-order valence-corrected chi connectivity index (χ1v) is 8.41. The van der Waals surface area contributed by atoms with Crippen molar-refractivity contribution in [3.8, 4) is 0 Å². The molecule has 0 radical (unpaired) electrons. The lowest BCUT2D eigenvalue weighted by Crippen LogP contribution is -2.22. The minimum Gasteiger partial charge on any atom is -0.456 e. The predicted octanol–water partition coefficient (Wildman–Crippen LogP) is 3.34. The average molecular weight is 372 g/mol. The maximum atomic E-state index is 12.8. The number of carbonyl (C=O) groups excluding carboxylic acids is 3. The highest BCUT2D eigenvalue weighted by atomic mass is 19.1. The molecule has 0 bridgehead atoms. The van der Waals surface area contributed by atoms with Crippen LogP contribution in [-0.2, 0) is 19.1 Å². The van der Waals surface area contributed by atoms with E-state index in [2.05, 4.69) is 10.6 Å². The molecule has 0 heterocycles. The molecule has 0 aliphatic carbocycles. The third-order valence-electron chi connectivity index (χ3n) is 3.70. The lowest BCUT2D eigenvalue weighted by Gasteiger charge is -2.09. The van der Waals surface area contributed by atoms with Gasteiger partial charge in [-0.1, -0.05) is 17.7 Å². The van der Waals surface area contributed by atoms with Gasteiger partial charge in [-0.25, -0.2) is 4.39 Å². The summed E-state index contributed by atoms with van der Waals surface area (Å²) < 4.78 is 17.7. The predicted molar refractivity (Wildman–Crippen MR) is 99.8 cm³/mol. The summed E-state index contributed by atoms with van der Waals surface area (Å²) in [6, 6.07) is 10.9. The van der Waals surface area contributed by atoms with Crippen molar-refractivity contribution in [1.82, 2.24) is 0 Å². The van der Waals surface area contributed by atoms with Gasteiger partial charge in [0.2, 0.25) is 5.91 Å². The van der Waals surface area contributed by atoms with Crippen molar-refractivity contribution >= 4 is 29.2 Å². The van der Waals surface area contributed by atoms with E-state index in [1.165, 1.54) is 24.3 Å². The van der Waals surface area contributed by atoms with E-state index in [0.29, 0.717) is 11.4 Å². The standard InChI is InChI=1S/C20H21FN2O4/c1-13-3-8-17(14(2)11-13)23-19(25)12-27-20(26)10-9-18(24)22-16-6-4-15(21)5-7-16/h3-8,11H,9-10,12H2,1-2H3,(H,22,24)(H,23,25). The number of ether oxygens (including phenoxy) is 1. The molecule has 0 atom stereocenters. The van der Waals surface area contributed by atoms with Crippen LogP contribution in [0.1, 0.15) is 24.0 Å². The normalized spacial score (nSPS) is 10.2. The molecule has 0 spiro atoms. The summed E-state index contributed by atoms with van der Waals surface area (Å²) in [5, 5.41) is 5.21. The number of halogens is 1. The lowest BCUT2D eigenvalue weighted by molar-refractivity contribution is -0.147. The van der Waals surface area contributed by atoms with Gasteiger partial charge in [-0.15, -0.1) is 0 Å². The van der Waals surface area contributed by atoms with Gasteiger partial charge < -0.3 is 15.4 Å². The summed E-state index contributed by atoms with van der Waals surface area (Å²) in [6.07, 6.45) is -0.265. The summed E-state index contributed by atoms with van der Waals surface area (Å²) in [5.74, 6) is -1.92. The molecular weight excluding hydrogens is 351 g/mol. The zero-order chi connectivity index (χ0) is 19.8. The SMILES string of the molecule is Cc1ccc(NC(=O)COC(=O)CCC(=O)Nc2ccc(F)cc2)c(C)c1. The van der Waals surface area contributed by atoms with Crippen LogP contribution in [0.5, 0.6) is 0 Å². The fourth-order valence-electron chi connectivity index (χ4n) is 2.33. The van der Waals surface area contributed by atoms with Gasteiger partial charge in [0.05, 0.1) is 6.42 Å². The Bertz CT molecular complexity index is 834. The zero-order valence-electron chi connectivity index (χ0n) is 15.2. The number of hydrogen-bond acceptors (Lipinski definition) is 4. The van der Waals surface area contributed by atoms with Gasteiger partial charge in [-0.05, 0) is 49.7 Å². The minimum atomic E-state index is -0.653. The highest BCUT2D eigenvalue weighted by Crippen LogP contribution is 2.15. The third kappa shape index (κ3) is 6.89. The van der Waals surface area contributed by atoms with Gasteiger partial charge >= 0.3 is 5.97 Å². The molecule has 2 aromatic carbocycles. The van der Waals surface area contributed by atoms with Crippen LogP contribution < -0.4 is 10.6 Å². The molecule has 2 amide bonds. The maximum Gasteiger partial charge on any atom is 0.306 e. The second-order valence-electron chi connectivity index (χ2n) is 6.08. The van der Waals surface area contributed by atoms with Crippen molar-refractivity contribution in [2.24, 2.45) is 0 Å². The Morgan fingerprint density at radius 3 is 2.30 bits per heavy atom. The Morgan fingerprint density at radius 2 is 1.63 bits per heavy atom. The first kappa shape index (κ1) is 20.1. The van der Waals surface area contributed by atoms with E-state index in [1.807, 2.05) is 26.0 Å². The van der Waals surface area contributed by atoms with Crippen molar-refractivity contribution in [3.63, 3.8) is 0 Å². The van der Waals surface area contributed by atoms with Crippen LogP contribution in [0.25, 0.3) is 0 Å². The molecule has 2 rings (SSSR count). The van der Waals surface area contributed by atoms with Crippen molar-refractivity contribution in [1.29, 1.82) is 0 Å². The van der Waals surface area contributed by atoms with Crippen molar-refractivity contribution in [2.45, 2.75) is 26.7 Å². The van der Waals surface area contributed by atoms with E-state index in [4.69, 9.17) is 4.74 Å². The van der Waals surface area contributed by atoms with Gasteiger partial charge in [0.25, 0.3) is 5.91 Å². The topological polar surface area (TPSA) is 84.5 Å². The molecule has 0 aromatic heterocycles. The molecule has 2 N–H and O–H groups in total. The minimum absolute atomic E-state index is 0.102. The Labute approximate surface area is 156 Å². The molecule has 0 unspecified atom stereocenters. The summed E-state index contributed by atoms with van der Waals surface area (Å²) in [7, 11) is 0. The quantitative estimate of drug-likeness (QED) is 0.730. The van der Waals surface area contributed by atoms with Crippen LogP contribution in [0.15, 0.2) is 42.5 Å². The number of benzene rings is 2. The molecule has 0 saturated heterocycles. The van der Waals surface area contributed by atoms with Gasteiger partial charge in [-0.3, -0.25) is 14.4 Å². The van der Waals surface area contributed by atoms with E-state index >= 15 is 0 Å². The number of nitrogens with one attached hydrogen (secondary N) is 2. The molecule has 0 saturated carbocycles. The molecule has 142 valence electrons.